The lowest BCUT2D eigenvalue weighted by Gasteiger charge is -2.09. The fraction of sp³-hybridized carbons (Fsp3) is 0.400. The van der Waals surface area contributed by atoms with E-state index in [1.807, 2.05) is 0 Å². The number of nitrogens with one attached hydrogen (secondary N) is 1. The highest BCUT2D eigenvalue weighted by atomic mass is 19.3. The number of anilines is 1. The number of hydrogen-bond donors (Lipinski definition) is 2. The first-order chi connectivity index (χ1) is 7.08. The molecule has 0 radical (unpaired) electrons. The molecule has 15 heavy (non-hydrogen) atoms. The number of hydrogen-bond acceptors (Lipinski definition) is 3. The fourth-order valence-electron chi connectivity index (χ4n) is 1.02. The largest absolute Gasteiger partial charge is 0.435 e. The van der Waals surface area contributed by atoms with Crippen molar-refractivity contribution in [1.82, 2.24) is 0 Å². The zero-order valence-electron chi connectivity index (χ0n) is 8.28. The van der Waals surface area contributed by atoms with Crippen molar-refractivity contribution in [1.29, 1.82) is 0 Å². The Morgan fingerprint density at radius 1 is 1.33 bits per heavy atom. The van der Waals surface area contributed by atoms with Crippen LogP contribution in [0, 0.1) is 0 Å². The van der Waals surface area contributed by atoms with Gasteiger partial charge in [-0.05, 0) is 31.2 Å². The molecule has 0 saturated heterocycles. The van der Waals surface area contributed by atoms with Crippen LogP contribution in [0.3, 0.4) is 0 Å². The molecule has 0 aliphatic rings. The molecule has 1 aromatic rings. The summed E-state index contributed by atoms with van der Waals surface area (Å²) in [5.74, 6) is 0.118. The van der Waals surface area contributed by atoms with Crippen LogP contribution in [0.15, 0.2) is 24.3 Å². The van der Waals surface area contributed by atoms with Crippen molar-refractivity contribution in [3.05, 3.63) is 24.3 Å². The van der Waals surface area contributed by atoms with Crippen LogP contribution in [-0.4, -0.2) is 24.4 Å². The van der Waals surface area contributed by atoms with Crippen LogP contribution in [0.25, 0.3) is 0 Å². The first-order valence-electron chi connectivity index (χ1n) is 4.54. The summed E-state index contributed by atoms with van der Waals surface area (Å²) in [7, 11) is 0. The van der Waals surface area contributed by atoms with Gasteiger partial charge in [0.2, 0.25) is 0 Å². The van der Waals surface area contributed by atoms with Crippen LogP contribution in [-0.2, 0) is 0 Å². The Morgan fingerprint density at radius 2 is 1.93 bits per heavy atom. The van der Waals surface area contributed by atoms with Crippen LogP contribution < -0.4 is 10.1 Å². The van der Waals surface area contributed by atoms with E-state index >= 15 is 0 Å². The predicted molar refractivity (Wildman–Crippen MR) is 53.2 cm³/mol. The Kier molecular flexibility index (Phi) is 4.30. The quantitative estimate of drug-likeness (QED) is 0.793. The second-order valence-corrected chi connectivity index (χ2v) is 3.13. The molecule has 0 spiro atoms. The van der Waals surface area contributed by atoms with E-state index in [1.165, 1.54) is 12.1 Å². The topological polar surface area (TPSA) is 41.5 Å². The van der Waals surface area contributed by atoms with E-state index < -0.39 is 12.7 Å². The zero-order valence-corrected chi connectivity index (χ0v) is 8.28. The van der Waals surface area contributed by atoms with Crippen LogP contribution in [0.4, 0.5) is 14.5 Å². The SMILES string of the molecule is C[C@@H](O)CNc1ccc(OC(F)F)cc1. The number of alkyl halides is 2. The van der Waals surface area contributed by atoms with Crippen LogP contribution in [0.5, 0.6) is 5.75 Å². The molecule has 5 heteroatoms. The first-order valence-corrected chi connectivity index (χ1v) is 4.54. The Bertz CT molecular complexity index is 288. The molecule has 0 heterocycles. The third kappa shape index (κ3) is 4.60. The molecule has 1 aromatic carbocycles. The average molecular weight is 217 g/mol. The highest BCUT2D eigenvalue weighted by molar-refractivity contribution is 5.46. The zero-order chi connectivity index (χ0) is 11.3. The second-order valence-electron chi connectivity index (χ2n) is 3.13. The van der Waals surface area contributed by atoms with Gasteiger partial charge in [-0.15, -0.1) is 0 Å². The summed E-state index contributed by atoms with van der Waals surface area (Å²) in [5.41, 5.74) is 0.748. The summed E-state index contributed by atoms with van der Waals surface area (Å²) < 4.78 is 27.8. The number of aliphatic hydroxyl groups is 1. The predicted octanol–water partition coefficient (Wildman–Crippen LogP) is 2.08. The van der Waals surface area contributed by atoms with Gasteiger partial charge in [0, 0.05) is 12.2 Å². The van der Waals surface area contributed by atoms with Gasteiger partial charge in [-0.25, -0.2) is 0 Å². The maximum atomic E-state index is 11.8. The summed E-state index contributed by atoms with van der Waals surface area (Å²) >= 11 is 0. The van der Waals surface area contributed by atoms with E-state index in [0.29, 0.717) is 6.54 Å². The molecule has 3 nitrogen and oxygen atoms in total. The maximum Gasteiger partial charge on any atom is 0.387 e. The minimum atomic E-state index is -2.80. The molecule has 2 N–H and O–H groups in total. The van der Waals surface area contributed by atoms with Gasteiger partial charge in [0.1, 0.15) is 5.75 Å². The Balaban J connectivity index is 2.49. The monoisotopic (exact) mass is 217 g/mol. The second kappa shape index (κ2) is 5.50. The van der Waals surface area contributed by atoms with Gasteiger partial charge >= 0.3 is 6.61 Å². The van der Waals surface area contributed by atoms with E-state index in [0.717, 1.165) is 5.69 Å². The van der Waals surface area contributed by atoms with E-state index in [-0.39, 0.29) is 5.75 Å². The first kappa shape index (κ1) is 11.7. The molecule has 1 atom stereocenters. The molecular formula is C10H13F2NO2. The Hall–Kier alpha value is -1.36. The third-order valence-corrected chi connectivity index (χ3v) is 1.68. The van der Waals surface area contributed by atoms with Crippen molar-refractivity contribution in [2.75, 3.05) is 11.9 Å². The van der Waals surface area contributed by atoms with Crippen molar-refractivity contribution in [3.63, 3.8) is 0 Å². The van der Waals surface area contributed by atoms with Crippen molar-refractivity contribution in [3.8, 4) is 5.75 Å². The number of benzene rings is 1. The van der Waals surface area contributed by atoms with Crippen LogP contribution >= 0.6 is 0 Å². The molecule has 0 amide bonds. The van der Waals surface area contributed by atoms with Crippen molar-refractivity contribution in [2.24, 2.45) is 0 Å². The average Bonchev–Trinajstić information content (AvgIpc) is 2.16. The van der Waals surface area contributed by atoms with Gasteiger partial charge in [0.05, 0.1) is 6.10 Å². The number of rotatable bonds is 5. The number of halogens is 2. The molecule has 0 aliphatic heterocycles. The lowest BCUT2D eigenvalue weighted by atomic mass is 10.3. The molecule has 0 fully saturated rings. The molecule has 84 valence electrons. The van der Waals surface area contributed by atoms with Gasteiger partial charge < -0.3 is 15.2 Å². The normalized spacial score (nSPS) is 12.6. The van der Waals surface area contributed by atoms with Crippen LogP contribution in [0.2, 0.25) is 0 Å². The molecule has 0 bridgehead atoms. The summed E-state index contributed by atoms with van der Waals surface area (Å²) in [6.45, 7) is -0.739. The Morgan fingerprint density at radius 3 is 2.40 bits per heavy atom. The van der Waals surface area contributed by atoms with Gasteiger partial charge in [-0.3, -0.25) is 0 Å². The van der Waals surface area contributed by atoms with Gasteiger partial charge in [-0.2, -0.15) is 8.78 Å². The molecule has 0 aromatic heterocycles. The van der Waals surface area contributed by atoms with E-state index in [9.17, 15) is 8.78 Å². The highest BCUT2D eigenvalue weighted by Gasteiger charge is 2.03. The number of aliphatic hydroxyl groups excluding tert-OH is 1. The smallest absolute Gasteiger partial charge is 0.387 e. The molecule has 0 aliphatic carbocycles. The van der Waals surface area contributed by atoms with E-state index in [2.05, 4.69) is 10.1 Å². The summed E-state index contributed by atoms with van der Waals surface area (Å²) in [4.78, 5) is 0. The van der Waals surface area contributed by atoms with Crippen LogP contribution in [0.1, 0.15) is 6.92 Å². The highest BCUT2D eigenvalue weighted by Crippen LogP contribution is 2.17. The van der Waals surface area contributed by atoms with Crippen molar-refractivity contribution in [2.45, 2.75) is 19.6 Å². The fourth-order valence-corrected chi connectivity index (χ4v) is 1.02. The van der Waals surface area contributed by atoms with E-state index in [4.69, 9.17) is 5.11 Å². The minimum absolute atomic E-state index is 0.118. The Labute approximate surface area is 86.7 Å². The van der Waals surface area contributed by atoms with Crippen molar-refractivity contribution >= 4 is 5.69 Å². The molecular weight excluding hydrogens is 204 g/mol. The minimum Gasteiger partial charge on any atom is -0.435 e. The number of ether oxygens (including phenoxy) is 1. The van der Waals surface area contributed by atoms with Gasteiger partial charge in [0.15, 0.2) is 0 Å². The molecule has 0 saturated carbocycles. The third-order valence-electron chi connectivity index (χ3n) is 1.68. The van der Waals surface area contributed by atoms with Crippen molar-refractivity contribution < 1.29 is 18.6 Å². The molecule has 0 unspecified atom stereocenters. The van der Waals surface area contributed by atoms with Gasteiger partial charge in [0.25, 0.3) is 0 Å². The molecule has 1 rings (SSSR count). The summed E-state index contributed by atoms with van der Waals surface area (Å²) in [6, 6.07) is 6.10. The summed E-state index contributed by atoms with van der Waals surface area (Å²) in [5, 5.41) is 11.9. The summed E-state index contributed by atoms with van der Waals surface area (Å²) in [6.07, 6.45) is -0.456. The maximum absolute atomic E-state index is 11.8. The lowest BCUT2D eigenvalue weighted by molar-refractivity contribution is -0.0498. The lowest BCUT2D eigenvalue weighted by Crippen LogP contribution is -2.15. The van der Waals surface area contributed by atoms with E-state index in [1.54, 1.807) is 19.1 Å². The standard InChI is InChI=1S/C10H13F2NO2/c1-7(14)6-13-8-2-4-9(5-3-8)15-10(11)12/h2-5,7,10,13-14H,6H2,1H3/t7-/m1/s1. The van der Waals surface area contributed by atoms with Gasteiger partial charge in [-0.1, -0.05) is 0 Å².